The average molecular weight is 494 g/mol. The Hall–Kier alpha value is -3.90. The zero-order valence-electron chi connectivity index (χ0n) is 20.0. The molecule has 1 saturated heterocycles. The molecule has 0 saturated carbocycles. The number of nitrogens with two attached hydrogens (primary N) is 1. The fourth-order valence-electron chi connectivity index (χ4n) is 4.94. The van der Waals surface area contributed by atoms with Gasteiger partial charge >= 0.3 is 5.69 Å². The van der Waals surface area contributed by atoms with Crippen molar-refractivity contribution in [2.75, 3.05) is 42.6 Å². The maximum absolute atomic E-state index is 13.2. The van der Waals surface area contributed by atoms with Gasteiger partial charge in [-0.15, -0.1) is 0 Å². The molecular formula is C24H28FN9O2. The van der Waals surface area contributed by atoms with E-state index in [1.54, 1.807) is 21.4 Å². The van der Waals surface area contributed by atoms with Crippen molar-refractivity contribution in [3.05, 3.63) is 70.4 Å². The van der Waals surface area contributed by atoms with E-state index in [0.29, 0.717) is 35.3 Å². The van der Waals surface area contributed by atoms with Crippen molar-refractivity contribution in [3.63, 3.8) is 0 Å². The SMILES string of the molecule is CC1N=C(c2ccco2)c2c(nc3n(CCCN4CCN(c5ccc(F)cc5)CC4)c(=O)[nH]n23)N1N. The summed E-state index contributed by atoms with van der Waals surface area (Å²) >= 11 is 0. The third-order valence-electron chi connectivity index (χ3n) is 6.90. The van der Waals surface area contributed by atoms with Gasteiger partial charge in [-0.1, -0.05) is 0 Å². The Balaban J connectivity index is 1.15. The van der Waals surface area contributed by atoms with E-state index in [2.05, 4.69) is 19.9 Å². The Kier molecular flexibility index (Phi) is 5.61. The van der Waals surface area contributed by atoms with Crippen LogP contribution < -0.4 is 21.4 Å². The first-order valence-corrected chi connectivity index (χ1v) is 12.1. The molecule has 2 aliphatic rings. The summed E-state index contributed by atoms with van der Waals surface area (Å²) in [5.41, 5.74) is 2.01. The molecule has 1 unspecified atom stereocenters. The Bertz CT molecular complexity index is 1440. The van der Waals surface area contributed by atoms with E-state index in [4.69, 9.17) is 15.2 Å². The second kappa shape index (κ2) is 8.95. The summed E-state index contributed by atoms with van der Waals surface area (Å²) in [7, 11) is 0. The van der Waals surface area contributed by atoms with Crippen LogP contribution in [0, 0.1) is 5.82 Å². The Morgan fingerprint density at radius 2 is 1.92 bits per heavy atom. The average Bonchev–Trinajstić information content (AvgIpc) is 3.60. The van der Waals surface area contributed by atoms with Crippen molar-refractivity contribution in [2.24, 2.45) is 10.8 Å². The van der Waals surface area contributed by atoms with Crippen LogP contribution in [0.3, 0.4) is 0 Å². The molecular weight excluding hydrogens is 465 g/mol. The Labute approximate surface area is 206 Å². The van der Waals surface area contributed by atoms with Crippen molar-refractivity contribution in [1.29, 1.82) is 0 Å². The number of aromatic nitrogens is 4. The first kappa shape index (κ1) is 22.6. The number of furan rings is 1. The van der Waals surface area contributed by atoms with Crippen LogP contribution in [0.1, 0.15) is 24.8 Å². The van der Waals surface area contributed by atoms with E-state index in [-0.39, 0.29) is 17.7 Å². The fraction of sp³-hybridized carbons (Fsp3) is 0.375. The number of aryl methyl sites for hydroxylation is 1. The molecule has 0 radical (unpaired) electrons. The van der Waals surface area contributed by atoms with Gasteiger partial charge in [0.1, 0.15) is 23.4 Å². The topological polar surface area (TPSA) is 116 Å². The largest absolute Gasteiger partial charge is 0.463 e. The normalized spacial score (nSPS) is 18.6. The Morgan fingerprint density at radius 1 is 1.14 bits per heavy atom. The molecule has 0 spiro atoms. The lowest BCUT2D eigenvalue weighted by atomic mass is 10.1. The summed E-state index contributed by atoms with van der Waals surface area (Å²) in [6.07, 6.45) is 2.05. The van der Waals surface area contributed by atoms with Crippen molar-refractivity contribution >= 4 is 23.0 Å². The first-order valence-electron chi connectivity index (χ1n) is 12.1. The zero-order valence-corrected chi connectivity index (χ0v) is 20.0. The molecule has 3 N–H and O–H groups in total. The molecule has 0 bridgehead atoms. The molecule has 0 aliphatic carbocycles. The number of fused-ring (bicyclic) bond motifs is 3. The van der Waals surface area contributed by atoms with Gasteiger partial charge in [-0.3, -0.25) is 19.5 Å². The summed E-state index contributed by atoms with van der Waals surface area (Å²) < 4.78 is 22.1. The second-order valence-corrected chi connectivity index (χ2v) is 9.14. The fourth-order valence-corrected chi connectivity index (χ4v) is 4.94. The number of piperazine rings is 1. The number of hydrogen-bond acceptors (Lipinski definition) is 8. The number of anilines is 2. The monoisotopic (exact) mass is 493 g/mol. The summed E-state index contributed by atoms with van der Waals surface area (Å²) in [4.78, 5) is 26.8. The molecule has 6 rings (SSSR count). The molecule has 36 heavy (non-hydrogen) atoms. The summed E-state index contributed by atoms with van der Waals surface area (Å²) in [5, 5.41) is 4.39. The summed E-state index contributed by atoms with van der Waals surface area (Å²) in [6.45, 7) is 6.85. The minimum Gasteiger partial charge on any atom is -0.463 e. The molecule has 1 aromatic carbocycles. The number of rotatable bonds is 6. The molecule has 0 amide bonds. The molecule has 1 atom stereocenters. The van der Waals surface area contributed by atoms with Gasteiger partial charge in [0.25, 0.3) is 0 Å². The molecule has 4 aromatic rings. The molecule has 3 aromatic heterocycles. The highest BCUT2D eigenvalue weighted by Gasteiger charge is 2.32. The van der Waals surface area contributed by atoms with E-state index in [1.807, 2.05) is 25.1 Å². The minimum absolute atomic E-state index is 0.219. The van der Waals surface area contributed by atoms with E-state index in [1.165, 1.54) is 17.1 Å². The van der Waals surface area contributed by atoms with Crippen molar-refractivity contribution < 1.29 is 8.81 Å². The highest BCUT2D eigenvalue weighted by Crippen LogP contribution is 2.29. The second-order valence-electron chi connectivity index (χ2n) is 9.14. The van der Waals surface area contributed by atoms with Gasteiger partial charge < -0.3 is 9.32 Å². The number of aromatic amines is 1. The van der Waals surface area contributed by atoms with Crippen LogP contribution in [0.5, 0.6) is 0 Å². The molecule has 188 valence electrons. The smallest absolute Gasteiger partial charge is 0.343 e. The predicted molar refractivity (Wildman–Crippen MR) is 134 cm³/mol. The summed E-state index contributed by atoms with van der Waals surface area (Å²) in [5.74, 6) is 7.67. The van der Waals surface area contributed by atoms with Gasteiger partial charge in [-0.25, -0.2) is 24.6 Å². The molecule has 11 nitrogen and oxygen atoms in total. The van der Waals surface area contributed by atoms with Gasteiger partial charge in [0, 0.05) is 38.4 Å². The number of hydrazine groups is 1. The van der Waals surface area contributed by atoms with E-state index >= 15 is 0 Å². The Morgan fingerprint density at radius 3 is 2.64 bits per heavy atom. The van der Waals surface area contributed by atoms with Gasteiger partial charge in [0.15, 0.2) is 11.6 Å². The van der Waals surface area contributed by atoms with Crippen LogP contribution in [0.15, 0.2) is 56.9 Å². The van der Waals surface area contributed by atoms with Crippen LogP contribution in [0.2, 0.25) is 0 Å². The van der Waals surface area contributed by atoms with Gasteiger partial charge in [-0.05, 0) is 56.3 Å². The van der Waals surface area contributed by atoms with Crippen molar-refractivity contribution in [2.45, 2.75) is 26.1 Å². The summed E-state index contributed by atoms with van der Waals surface area (Å²) in [6, 6.07) is 10.3. The number of aliphatic imine (C=N–C) groups is 1. The molecule has 12 heteroatoms. The number of halogens is 1. The van der Waals surface area contributed by atoms with Crippen LogP contribution in [0.4, 0.5) is 15.9 Å². The number of imidazole rings is 1. The van der Waals surface area contributed by atoms with Gasteiger partial charge in [0.2, 0.25) is 5.78 Å². The van der Waals surface area contributed by atoms with E-state index in [0.717, 1.165) is 44.8 Å². The van der Waals surface area contributed by atoms with E-state index in [9.17, 15) is 9.18 Å². The third kappa shape index (κ3) is 3.88. The van der Waals surface area contributed by atoms with Gasteiger partial charge in [0.05, 0.1) is 6.26 Å². The van der Waals surface area contributed by atoms with Crippen molar-refractivity contribution in [3.8, 4) is 0 Å². The first-order chi connectivity index (χ1) is 17.5. The van der Waals surface area contributed by atoms with Crippen molar-refractivity contribution in [1.82, 2.24) is 24.1 Å². The highest BCUT2D eigenvalue weighted by molar-refractivity contribution is 6.14. The standard InChI is InChI=1S/C24H28FN9O2/c1-16-27-20(19-4-2-15-36-19)21-22(33(16)26)28-23-32(24(35)29-34(21)23)10-3-9-30-11-13-31(14-12-30)18-7-5-17(25)6-8-18/h2,4-8,15-16H,3,9-14,26H2,1H3,(H,29,35). The number of nitrogens with zero attached hydrogens (tertiary/aromatic N) is 7. The number of hydrogen-bond donors (Lipinski definition) is 2. The number of benzene rings is 1. The van der Waals surface area contributed by atoms with Crippen LogP contribution in [0.25, 0.3) is 5.78 Å². The maximum atomic E-state index is 13.2. The lowest BCUT2D eigenvalue weighted by Gasteiger charge is -2.36. The lowest BCUT2D eigenvalue weighted by Crippen LogP contribution is -2.46. The van der Waals surface area contributed by atoms with E-state index < -0.39 is 0 Å². The predicted octanol–water partition coefficient (Wildman–Crippen LogP) is 1.65. The van der Waals surface area contributed by atoms with Gasteiger partial charge in [-0.2, -0.15) is 4.98 Å². The molecule has 2 aliphatic heterocycles. The quantitative estimate of drug-likeness (QED) is 0.392. The third-order valence-corrected chi connectivity index (χ3v) is 6.90. The highest BCUT2D eigenvalue weighted by atomic mass is 19.1. The number of H-pyrrole nitrogens is 1. The minimum atomic E-state index is -0.328. The molecule has 5 heterocycles. The maximum Gasteiger partial charge on any atom is 0.343 e. The van der Waals surface area contributed by atoms with Crippen LogP contribution in [-0.2, 0) is 6.54 Å². The van der Waals surface area contributed by atoms with Crippen LogP contribution >= 0.6 is 0 Å². The lowest BCUT2D eigenvalue weighted by molar-refractivity contribution is 0.250. The number of nitrogens with one attached hydrogen (secondary N) is 1. The molecule has 1 fully saturated rings. The zero-order chi connectivity index (χ0) is 24.8. The van der Waals surface area contributed by atoms with Crippen LogP contribution in [-0.4, -0.2) is 68.7 Å².